The zero-order chi connectivity index (χ0) is 12.4. The van der Waals surface area contributed by atoms with E-state index in [4.69, 9.17) is 5.11 Å². The highest BCUT2D eigenvalue weighted by Gasteiger charge is 2.47. The van der Waals surface area contributed by atoms with E-state index in [1.807, 2.05) is 0 Å². The molecule has 16 heavy (non-hydrogen) atoms. The summed E-state index contributed by atoms with van der Waals surface area (Å²) in [5.41, 5.74) is 0.191. The minimum atomic E-state index is -0.662. The van der Waals surface area contributed by atoms with Crippen LogP contribution in [-0.4, -0.2) is 34.6 Å². The molecule has 3 nitrogen and oxygen atoms in total. The van der Waals surface area contributed by atoms with E-state index in [-0.39, 0.29) is 17.4 Å². The molecule has 94 valence electrons. The molecule has 1 N–H and O–H groups in total. The van der Waals surface area contributed by atoms with Crippen LogP contribution in [0.25, 0.3) is 0 Å². The standard InChI is InChI=1S/C13H25NO2/c1-5-14(6-2)13(9-11(15)16)8-7-12(3,4)10-13/h5-10H2,1-4H3,(H,15,16). The van der Waals surface area contributed by atoms with Crippen molar-refractivity contribution in [2.24, 2.45) is 5.41 Å². The van der Waals surface area contributed by atoms with Gasteiger partial charge in [-0.25, -0.2) is 0 Å². The number of aliphatic carboxylic acids is 1. The summed E-state index contributed by atoms with van der Waals surface area (Å²) in [6.07, 6.45) is 3.46. The van der Waals surface area contributed by atoms with E-state index in [0.29, 0.717) is 0 Å². The van der Waals surface area contributed by atoms with E-state index in [1.54, 1.807) is 0 Å². The van der Waals surface area contributed by atoms with E-state index in [2.05, 4.69) is 32.6 Å². The summed E-state index contributed by atoms with van der Waals surface area (Å²) in [5.74, 6) is -0.662. The predicted octanol–water partition coefficient (Wildman–Crippen LogP) is 2.75. The number of nitrogens with zero attached hydrogens (tertiary/aromatic N) is 1. The third kappa shape index (κ3) is 2.76. The molecule has 0 radical (unpaired) electrons. The Bertz CT molecular complexity index is 259. The van der Waals surface area contributed by atoms with E-state index >= 15 is 0 Å². The first-order valence-electron chi connectivity index (χ1n) is 6.32. The zero-order valence-electron chi connectivity index (χ0n) is 11.0. The fraction of sp³-hybridized carbons (Fsp3) is 0.923. The smallest absolute Gasteiger partial charge is 0.305 e. The molecule has 1 unspecified atom stereocenters. The fourth-order valence-electron chi connectivity index (χ4n) is 3.35. The number of carbonyl (C=O) groups is 1. The summed E-state index contributed by atoms with van der Waals surface area (Å²) >= 11 is 0. The zero-order valence-corrected chi connectivity index (χ0v) is 11.0. The van der Waals surface area contributed by atoms with Gasteiger partial charge in [0.05, 0.1) is 6.42 Å². The van der Waals surface area contributed by atoms with Crippen LogP contribution >= 0.6 is 0 Å². The van der Waals surface area contributed by atoms with Crippen LogP contribution in [0.1, 0.15) is 53.4 Å². The van der Waals surface area contributed by atoms with Gasteiger partial charge in [0.2, 0.25) is 0 Å². The van der Waals surface area contributed by atoms with Crippen molar-refractivity contribution in [1.29, 1.82) is 0 Å². The van der Waals surface area contributed by atoms with Gasteiger partial charge in [-0.3, -0.25) is 9.69 Å². The van der Waals surface area contributed by atoms with Crippen LogP contribution in [-0.2, 0) is 4.79 Å². The third-order valence-electron chi connectivity index (χ3n) is 3.99. The van der Waals surface area contributed by atoms with Gasteiger partial charge in [0, 0.05) is 5.54 Å². The number of hydrogen-bond acceptors (Lipinski definition) is 2. The van der Waals surface area contributed by atoms with Gasteiger partial charge >= 0.3 is 5.97 Å². The lowest BCUT2D eigenvalue weighted by Gasteiger charge is -2.40. The van der Waals surface area contributed by atoms with Crippen LogP contribution < -0.4 is 0 Å². The summed E-state index contributed by atoms with van der Waals surface area (Å²) in [6.45, 7) is 10.6. The number of hydrogen-bond donors (Lipinski definition) is 1. The molecule has 0 aromatic heterocycles. The minimum Gasteiger partial charge on any atom is -0.481 e. The fourth-order valence-corrected chi connectivity index (χ4v) is 3.35. The van der Waals surface area contributed by atoms with Crippen molar-refractivity contribution in [3.05, 3.63) is 0 Å². The highest BCUT2D eigenvalue weighted by Crippen LogP contribution is 2.48. The molecule has 3 heteroatoms. The van der Waals surface area contributed by atoms with Crippen LogP contribution in [0.2, 0.25) is 0 Å². The highest BCUT2D eigenvalue weighted by molar-refractivity contribution is 5.68. The first-order chi connectivity index (χ1) is 7.35. The maximum absolute atomic E-state index is 11.1. The maximum atomic E-state index is 11.1. The van der Waals surface area contributed by atoms with Gasteiger partial charge in [0.1, 0.15) is 0 Å². The molecule has 1 atom stereocenters. The van der Waals surface area contributed by atoms with E-state index < -0.39 is 5.97 Å². The third-order valence-corrected chi connectivity index (χ3v) is 3.99. The first kappa shape index (κ1) is 13.5. The summed E-state index contributed by atoms with van der Waals surface area (Å²) in [5, 5.41) is 9.12. The van der Waals surface area contributed by atoms with Crippen LogP contribution in [0.3, 0.4) is 0 Å². The average Bonchev–Trinajstić information content (AvgIpc) is 2.43. The highest BCUT2D eigenvalue weighted by atomic mass is 16.4. The monoisotopic (exact) mass is 227 g/mol. The van der Waals surface area contributed by atoms with Crippen molar-refractivity contribution in [3.63, 3.8) is 0 Å². The molecule has 1 rings (SSSR count). The lowest BCUT2D eigenvalue weighted by molar-refractivity contribution is -0.140. The van der Waals surface area contributed by atoms with Gasteiger partial charge in [-0.1, -0.05) is 27.7 Å². The number of carboxylic acids is 1. The Balaban J connectivity index is 2.90. The van der Waals surface area contributed by atoms with Crippen molar-refractivity contribution < 1.29 is 9.90 Å². The van der Waals surface area contributed by atoms with Crippen LogP contribution in [0.4, 0.5) is 0 Å². The Kier molecular flexibility index (Phi) is 4.00. The van der Waals surface area contributed by atoms with Gasteiger partial charge in [-0.2, -0.15) is 0 Å². The molecular formula is C13H25NO2. The minimum absolute atomic E-state index is 0.0984. The lowest BCUT2D eigenvalue weighted by Crippen LogP contribution is -2.48. The maximum Gasteiger partial charge on any atom is 0.305 e. The molecule has 1 saturated carbocycles. The lowest BCUT2D eigenvalue weighted by atomic mass is 9.84. The molecule has 1 aliphatic rings. The predicted molar refractivity (Wildman–Crippen MR) is 65.5 cm³/mol. The molecule has 0 aromatic carbocycles. The Morgan fingerprint density at radius 1 is 1.25 bits per heavy atom. The summed E-state index contributed by atoms with van der Waals surface area (Å²) in [6, 6.07) is 0. The van der Waals surface area contributed by atoms with E-state index in [0.717, 1.165) is 32.4 Å². The SMILES string of the molecule is CCN(CC)C1(CC(=O)O)CCC(C)(C)C1. The Labute approximate surface area is 98.8 Å². The topological polar surface area (TPSA) is 40.5 Å². The molecule has 0 saturated heterocycles. The van der Waals surface area contributed by atoms with Crippen molar-refractivity contribution in [1.82, 2.24) is 4.90 Å². The molecule has 1 aliphatic carbocycles. The summed E-state index contributed by atoms with van der Waals surface area (Å²) in [4.78, 5) is 13.4. The largest absolute Gasteiger partial charge is 0.481 e. The number of carboxylic acid groups (broad SMARTS) is 1. The second kappa shape index (κ2) is 4.74. The molecule has 0 spiro atoms. The van der Waals surface area contributed by atoms with Gasteiger partial charge in [-0.05, 0) is 37.8 Å². The second-order valence-corrected chi connectivity index (χ2v) is 5.81. The van der Waals surface area contributed by atoms with Crippen molar-refractivity contribution in [2.75, 3.05) is 13.1 Å². The normalized spacial score (nSPS) is 28.6. The van der Waals surface area contributed by atoms with Crippen LogP contribution in [0, 0.1) is 5.41 Å². The molecular weight excluding hydrogens is 202 g/mol. The molecule has 0 bridgehead atoms. The van der Waals surface area contributed by atoms with Crippen molar-refractivity contribution in [2.45, 2.75) is 58.9 Å². The Morgan fingerprint density at radius 2 is 1.81 bits per heavy atom. The summed E-state index contributed by atoms with van der Waals surface area (Å²) in [7, 11) is 0. The molecule has 0 aromatic rings. The summed E-state index contributed by atoms with van der Waals surface area (Å²) < 4.78 is 0. The van der Waals surface area contributed by atoms with Gasteiger partial charge in [0.25, 0.3) is 0 Å². The molecule has 0 amide bonds. The Morgan fingerprint density at radius 3 is 2.12 bits per heavy atom. The Hall–Kier alpha value is -0.570. The number of rotatable bonds is 5. The van der Waals surface area contributed by atoms with Gasteiger partial charge < -0.3 is 5.11 Å². The second-order valence-electron chi connectivity index (χ2n) is 5.81. The molecule has 0 aliphatic heterocycles. The van der Waals surface area contributed by atoms with Crippen LogP contribution in [0.5, 0.6) is 0 Å². The van der Waals surface area contributed by atoms with E-state index in [1.165, 1.54) is 0 Å². The first-order valence-corrected chi connectivity index (χ1v) is 6.32. The van der Waals surface area contributed by atoms with Gasteiger partial charge in [-0.15, -0.1) is 0 Å². The van der Waals surface area contributed by atoms with Crippen molar-refractivity contribution >= 4 is 5.97 Å². The van der Waals surface area contributed by atoms with Crippen LogP contribution in [0.15, 0.2) is 0 Å². The van der Waals surface area contributed by atoms with Gasteiger partial charge in [0.15, 0.2) is 0 Å². The van der Waals surface area contributed by atoms with Crippen molar-refractivity contribution in [3.8, 4) is 0 Å². The average molecular weight is 227 g/mol. The quantitative estimate of drug-likeness (QED) is 0.785. The molecule has 0 heterocycles. The molecule has 1 fully saturated rings. The van der Waals surface area contributed by atoms with E-state index in [9.17, 15) is 4.79 Å².